The predicted octanol–water partition coefficient (Wildman–Crippen LogP) is 2.93. The van der Waals surface area contributed by atoms with Gasteiger partial charge in [0.25, 0.3) is 5.56 Å². The van der Waals surface area contributed by atoms with Crippen LogP contribution in [0, 0.1) is 5.41 Å². The summed E-state index contributed by atoms with van der Waals surface area (Å²) in [5, 5.41) is 0. The van der Waals surface area contributed by atoms with Crippen LogP contribution in [0.4, 0.5) is 5.82 Å². The number of nitrogens with zero attached hydrogens (tertiary/aromatic N) is 5. The molecule has 0 unspecified atom stereocenters. The number of likely N-dealkylation sites (tertiary alicyclic amines) is 1. The van der Waals surface area contributed by atoms with Crippen molar-refractivity contribution in [2.75, 3.05) is 31.6 Å². The first-order chi connectivity index (χ1) is 19.5. The van der Waals surface area contributed by atoms with Gasteiger partial charge < -0.3 is 14.6 Å². The van der Waals surface area contributed by atoms with Gasteiger partial charge in [0, 0.05) is 57.7 Å². The number of aryl methyl sites for hydroxylation is 2. The number of anilines is 1. The van der Waals surface area contributed by atoms with Crippen LogP contribution in [0.25, 0.3) is 11.2 Å². The highest BCUT2D eigenvalue weighted by Gasteiger charge is 2.29. The molecule has 0 saturated carbocycles. The van der Waals surface area contributed by atoms with Gasteiger partial charge in [0.1, 0.15) is 17.2 Å². The maximum Gasteiger partial charge on any atom is 0.330 e. The Balaban J connectivity index is 1.47. The van der Waals surface area contributed by atoms with Crippen molar-refractivity contribution in [3.05, 3.63) is 50.6 Å². The van der Waals surface area contributed by atoms with E-state index in [1.54, 1.807) is 18.2 Å². The Morgan fingerprint density at radius 3 is 2.56 bits per heavy atom. The van der Waals surface area contributed by atoms with Crippen molar-refractivity contribution in [2.24, 2.45) is 5.41 Å². The second-order valence-electron chi connectivity index (χ2n) is 11.6. The molecule has 41 heavy (non-hydrogen) atoms. The minimum atomic E-state index is -0.588. The molecular weight excluding hydrogens is 526 g/mol. The van der Waals surface area contributed by atoms with Crippen molar-refractivity contribution >= 4 is 28.8 Å². The molecule has 0 bridgehead atoms. The van der Waals surface area contributed by atoms with Crippen LogP contribution < -0.4 is 16.1 Å². The van der Waals surface area contributed by atoms with E-state index in [4.69, 9.17) is 4.74 Å². The average Bonchev–Trinajstić information content (AvgIpc) is 3.55. The average molecular weight is 568 g/mol. The third-order valence-electron chi connectivity index (χ3n) is 7.34. The lowest BCUT2D eigenvalue weighted by Crippen LogP contribution is -2.41. The lowest BCUT2D eigenvalue weighted by molar-refractivity contribution is -0.127. The lowest BCUT2D eigenvalue weighted by atomic mass is 9.94. The standard InChI is InChI=1S/C29H41N7O5/c1-6-14-36-25-24(26(38)33-28(36)40)31-21(32-25)12-11-20(41-5)19-10-13-22(30-18-19)35(27(39)29(2,3)4)17-8-16-34-15-7-9-23(34)37/h10,13,18,20H,6-9,11-12,14-17H2,1-5H3,(H,31,32)(H,33,38,40)/t20-/m0/s1. The molecule has 2 amide bonds. The van der Waals surface area contributed by atoms with E-state index in [0.717, 1.165) is 24.9 Å². The number of methoxy groups -OCH3 is 1. The summed E-state index contributed by atoms with van der Waals surface area (Å²) < 4.78 is 7.22. The number of amides is 2. The Hall–Kier alpha value is -3.80. The number of hydrogen-bond donors (Lipinski definition) is 2. The number of rotatable bonds is 12. The molecule has 0 aliphatic carbocycles. The maximum atomic E-state index is 13.3. The molecule has 0 radical (unpaired) electrons. The van der Waals surface area contributed by atoms with Gasteiger partial charge in [0.05, 0.1) is 6.10 Å². The van der Waals surface area contributed by atoms with Crippen molar-refractivity contribution < 1.29 is 14.3 Å². The highest BCUT2D eigenvalue weighted by Crippen LogP contribution is 2.26. The normalized spacial score (nSPS) is 14.7. The van der Waals surface area contributed by atoms with Gasteiger partial charge >= 0.3 is 5.69 Å². The van der Waals surface area contributed by atoms with E-state index in [9.17, 15) is 19.2 Å². The summed E-state index contributed by atoms with van der Waals surface area (Å²) in [7, 11) is 1.62. The van der Waals surface area contributed by atoms with Gasteiger partial charge in [-0.15, -0.1) is 0 Å². The zero-order valence-corrected chi connectivity index (χ0v) is 24.7. The molecular formula is C29H41N7O5. The van der Waals surface area contributed by atoms with Gasteiger partial charge in [-0.3, -0.25) is 28.8 Å². The van der Waals surface area contributed by atoms with E-state index in [1.165, 1.54) is 4.57 Å². The summed E-state index contributed by atoms with van der Waals surface area (Å²) in [6.07, 6.45) is 5.36. The van der Waals surface area contributed by atoms with E-state index in [0.29, 0.717) is 62.6 Å². The van der Waals surface area contributed by atoms with Crippen molar-refractivity contribution in [2.45, 2.75) is 78.9 Å². The van der Waals surface area contributed by atoms with Crippen molar-refractivity contribution in [1.29, 1.82) is 0 Å². The summed E-state index contributed by atoms with van der Waals surface area (Å²) in [6, 6.07) is 3.74. The molecule has 4 rings (SSSR count). The van der Waals surface area contributed by atoms with Crippen LogP contribution >= 0.6 is 0 Å². The Morgan fingerprint density at radius 1 is 1.17 bits per heavy atom. The van der Waals surface area contributed by atoms with Gasteiger partial charge in [-0.25, -0.2) is 14.8 Å². The zero-order valence-electron chi connectivity index (χ0n) is 24.7. The number of pyridine rings is 1. The Labute approximate surface area is 239 Å². The van der Waals surface area contributed by atoms with Crippen LogP contribution in [0.15, 0.2) is 27.9 Å². The van der Waals surface area contributed by atoms with E-state index in [2.05, 4.69) is 19.9 Å². The first-order valence-electron chi connectivity index (χ1n) is 14.3. The highest BCUT2D eigenvalue weighted by molar-refractivity contribution is 5.96. The van der Waals surface area contributed by atoms with Crippen LogP contribution in [0.3, 0.4) is 0 Å². The largest absolute Gasteiger partial charge is 0.377 e. The number of H-pyrrole nitrogens is 2. The minimum Gasteiger partial charge on any atom is -0.377 e. The fourth-order valence-corrected chi connectivity index (χ4v) is 5.16. The molecule has 3 aromatic heterocycles. The SMILES string of the molecule is CCCn1c(=O)[nH]c(=O)c2[nH]c(CC[C@H](OC)c3ccc(N(CCCN4CCCC4=O)C(=O)C(C)(C)C)nc3)nc21. The third-order valence-corrected chi connectivity index (χ3v) is 7.34. The second-order valence-corrected chi connectivity index (χ2v) is 11.6. The molecule has 2 N–H and O–H groups in total. The smallest absolute Gasteiger partial charge is 0.330 e. The number of fused-ring (bicyclic) bond motifs is 1. The summed E-state index contributed by atoms with van der Waals surface area (Å²) >= 11 is 0. The number of nitrogens with one attached hydrogen (secondary N) is 2. The number of carbonyl (C=O) groups excluding carboxylic acids is 2. The molecule has 0 aromatic carbocycles. The van der Waals surface area contributed by atoms with E-state index >= 15 is 0 Å². The highest BCUT2D eigenvalue weighted by atomic mass is 16.5. The van der Waals surface area contributed by atoms with Crippen LogP contribution in [0.1, 0.15) is 77.3 Å². The van der Waals surface area contributed by atoms with Gasteiger partial charge in [0.15, 0.2) is 5.65 Å². The molecule has 3 aromatic rings. The van der Waals surface area contributed by atoms with Gasteiger partial charge in [-0.1, -0.05) is 33.8 Å². The van der Waals surface area contributed by atoms with Crippen LogP contribution in [0.2, 0.25) is 0 Å². The Kier molecular flexibility index (Phi) is 9.42. The van der Waals surface area contributed by atoms with Crippen molar-refractivity contribution in [3.8, 4) is 0 Å². The minimum absolute atomic E-state index is 0.0322. The van der Waals surface area contributed by atoms with Crippen LogP contribution in [-0.4, -0.2) is 68.0 Å². The van der Waals surface area contributed by atoms with E-state index in [1.807, 2.05) is 44.7 Å². The Morgan fingerprint density at radius 2 is 1.95 bits per heavy atom. The Bertz CT molecular complexity index is 1480. The number of aromatic amines is 2. The first-order valence-corrected chi connectivity index (χ1v) is 14.3. The molecule has 1 aliphatic rings. The van der Waals surface area contributed by atoms with E-state index in [-0.39, 0.29) is 23.4 Å². The third kappa shape index (κ3) is 6.92. The van der Waals surface area contributed by atoms with E-state index < -0.39 is 16.7 Å². The molecule has 1 saturated heterocycles. The monoisotopic (exact) mass is 567 g/mol. The van der Waals surface area contributed by atoms with Gasteiger partial charge in [0.2, 0.25) is 11.8 Å². The molecule has 0 spiro atoms. The maximum absolute atomic E-state index is 13.3. The van der Waals surface area contributed by atoms with Gasteiger partial charge in [-0.2, -0.15) is 0 Å². The van der Waals surface area contributed by atoms with Crippen molar-refractivity contribution in [3.63, 3.8) is 0 Å². The number of aromatic nitrogens is 5. The second kappa shape index (κ2) is 12.8. The number of hydrogen-bond acceptors (Lipinski definition) is 7. The molecule has 12 nitrogen and oxygen atoms in total. The van der Waals surface area contributed by atoms with Crippen LogP contribution in [-0.2, 0) is 27.3 Å². The summed E-state index contributed by atoms with van der Waals surface area (Å²) in [5.74, 6) is 1.29. The number of carbonyl (C=O) groups is 2. The predicted molar refractivity (Wildman–Crippen MR) is 156 cm³/mol. The fourth-order valence-electron chi connectivity index (χ4n) is 5.16. The molecule has 222 valence electrons. The summed E-state index contributed by atoms with van der Waals surface area (Å²) in [6.45, 7) is 9.93. The molecule has 1 fully saturated rings. The van der Waals surface area contributed by atoms with Crippen LogP contribution in [0.5, 0.6) is 0 Å². The number of imidazole rings is 1. The lowest BCUT2D eigenvalue weighted by Gasteiger charge is -2.29. The fraction of sp³-hybridized carbons (Fsp3) is 0.586. The summed E-state index contributed by atoms with van der Waals surface area (Å²) in [5.41, 5.74) is -0.0552. The molecule has 1 atom stereocenters. The summed E-state index contributed by atoms with van der Waals surface area (Å²) in [4.78, 5) is 68.0. The molecule has 4 heterocycles. The van der Waals surface area contributed by atoms with Crippen molar-refractivity contribution in [1.82, 2.24) is 29.4 Å². The molecule has 12 heteroatoms. The molecule has 1 aliphatic heterocycles. The van der Waals surface area contributed by atoms with Gasteiger partial charge in [-0.05, 0) is 37.3 Å². The zero-order chi connectivity index (χ0) is 29.7. The topological polar surface area (TPSA) is 146 Å². The first kappa shape index (κ1) is 30.2. The quantitative estimate of drug-likeness (QED) is 0.342. The number of ether oxygens (including phenoxy) is 1.